The maximum absolute atomic E-state index is 6.69. The summed E-state index contributed by atoms with van der Waals surface area (Å²) in [4.78, 5) is 5.38. The Bertz CT molecular complexity index is 783. The highest BCUT2D eigenvalue weighted by Crippen LogP contribution is 2.64. The van der Waals surface area contributed by atoms with Crippen LogP contribution in [0, 0.1) is 28.6 Å². The van der Waals surface area contributed by atoms with Crippen molar-refractivity contribution in [1.82, 2.24) is 0 Å². The standard InChI is InChI=1S/C26H47NO3Si2/c1-25-14-12-19(29-31(4,5)6)16-18(25)10-11-20-21(25)13-15-26(2)22(20)17-23(24(26)27-28-3)30-32(7,8)9/h10,19-23H,11-17H2,1-9H3/b27-24-/t19-,20+,21-,22-,23+,25-,26-/m0/s1. The summed E-state index contributed by atoms with van der Waals surface area (Å²) in [5.41, 5.74) is 3.36. The van der Waals surface area contributed by atoms with E-state index in [1.54, 1.807) is 12.7 Å². The van der Waals surface area contributed by atoms with Crippen molar-refractivity contribution < 1.29 is 13.7 Å². The molecule has 4 aliphatic carbocycles. The first kappa shape index (κ1) is 24.7. The van der Waals surface area contributed by atoms with Crippen LogP contribution < -0.4 is 0 Å². The van der Waals surface area contributed by atoms with Gasteiger partial charge >= 0.3 is 0 Å². The number of oxime groups is 1. The monoisotopic (exact) mass is 477 g/mol. The molecule has 6 heteroatoms. The first-order valence-electron chi connectivity index (χ1n) is 12.9. The minimum atomic E-state index is -1.66. The zero-order chi connectivity index (χ0) is 23.5. The van der Waals surface area contributed by atoms with Crippen LogP contribution in [0.2, 0.25) is 39.3 Å². The summed E-state index contributed by atoms with van der Waals surface area (Å²) in [6.45, 7) is 18.9. The van der Waals surface area contributed by atoms with Crippen molar-refractivity contribution >= 4 is 22.3 Å². The third kappa shape index (κ3) is 4.46. The highest BCUT2D eigenvalue weighted by atomic mass is 28.4. The molecule has 0 bridgehead atoms. The van der Waals surface area contributed by atoms with E-state index >= 15 is 0 Å². The molecule has 0 spiro atoms. The second kappa shape index (κ2) is 8.35. The highest BCUT2D eigenvalue weighted by molar-refractivity contribution is 6.70. The van der Waals surface area contributed by atoms with Gasteiger partial charge in [0.2, 0.25) is 0 Å². The van der Waals surface area contributed by atoms with Gasteiger partial charge in [-0.15, -0.1) is 0 Å². The van der Waals surface area contributed by atoms with Crippen molar-refractivity contribution in [3.8, 4) is 0 Å². The summed E-state index contributed by atoms with van der Waals surface area (Å²) in [5.74, 6) is 2.15. The van der Waals surface area contributed by atoms with E-state index in [2.05, 4.69) is 64.4 Å². The van der Waals surface area contributed by atoms with Crippen LogP contribution in [0.25, 0.3) is 0 Å². The van der Waals surface area contributed by atoms with Crippen LogP contribution >= 0.6 is 0 Å². The lowest BCUT2D eigenvalue weighted by Crippen LogP contribution is -2.51. The predicted octanol–water partition coefficient (Wildman–Crippen LogP) is 7.00. The molecule has 0 aromatic carbocycles. The Balaban J connectivity index is 1.60. The van der Waals surface area contributed by atoms with Gasteiger partial charge in [-0.05, 0) is 107 Å². The fourth-order valence-electron chi connectivity index (χ4n) is 7.80. The van der Waals surface area contributed by atoms with Gasteiger partial charge in [0.1, 0.15) is 7.11 Å². The molecule has 0 aromatic rings. The SMILES string of the molecule is CO/N=C1/[C@H](O[Si](C)(C)C)C[C@H]2[C@@H]3CC=C4C[C@@H](O[Si](C)(C)C)CC[C@]4(C)[C@H]3CC[C@]12C. The van der Waals surface area contributed by atoms with Gasteiger partial charge in [0, 0.05) is 11.5 Å². The van der Waals surface area contributed by atoms with Crippen molar-refractivity contribution in [2.75, 3.05) is 7.11 Å². The van der Waals surface area contributed by atoms with E-state index in [1.165, 1.54) is 37.8 Å². The van der Waals surface area contributed by atoms with Gasteiger partial charge in [-0.2, -0.15) is 0 Å². The second-order valence-corrected chi connectivity index (χ2v) is 22.3. The maximum atomic E-state index is 6.69. The van der Waals surface area contributed by atoms with E-state index in [0.717, 1.165) is 24.7 Å². The Hall–Kier alpha value is -0.436. The van der Waals surface area contributed by atoms with E-state index in [0.29, 0.717) is 17.4 Å². The van der Waals surface area contributed by atoms with Crippen LogP contribution in [-0.2, 0) is 13.7 Å². The molecule has 0 unspecified atom stereocenters. The van der Waals surface area contributed by atoms with Gasteiger partial charge in [0.15, 0.2) is 16.6 Å². The molecular formula is C26H47NO3Si2. The summed E-state index contributed by atoms with van der Waals surface area (Å²) in [6.07, 6.45) is 11.7. The molecule has 4 aliphatic rings. The molecule has 182 valence electrons. The van der Waals surface area contributed by atoms with Crippen LogP contribution in [0.4, 0.5) is 0 Å². The zero-order valence-corrected chi connectivity index (χ0v) is 24.1. The second-order valence-electron chi connectivity index (χ2n) is 13.4. The number of rotatable bonds is 5. The van der Waals surface area contributed by atoms with E-state index in [9.17, 15) is 0 Å². The lowest BCUT2D eigenvalue weighted by atomic mass is 9.48. The van der Waals surface area contributed by atoms with Gasteiger partial charge in [-0.3, -0.25) is 0 Å². The van der Waals surface area contributed by atoms with E-state index in [-0.39, 0.29) is 11.5 Å². The van der Waals surface area contributed by atoms with Gasteiger partial charge in [-0.1, -0.05) is 30.7 Å². The minimum Gasteiger partial charge on any atom is -0.414 e. The van der Waals surface area contributed by atoms with Crippen LogP contribution in [0.5, 0.6) is 0 Å². The Morgan fingerprint density at radius 2 is 1.56 bits per heavy atom. The van der Waals surface area contributed by atoms with Gasteiger partial charge in [0.05, 0.1) is 11.8 Å². The van der Waals surface area contributed by atoms with Gasteiger partial charge in [0.25, 0.3) is 0 Å². The molecule has 0 amide bonds. The highest BCUT2D eigenvalue weighted by Gasteiger charge is 2.61. The molecule has 0 N–H and O–H groups in total. The van der Waals surface area contributed by atoms with E-state index < -0.39 is 16.6 Å². The first-order valence-corrected chi connectivity index (χ1v) is 19.8. The topological polar surface area (TPSA) is 40.0 Å². The predicted molar refractivity (Wildman–Crippen MR) is 138 cm³/mol. The Kier molecular flexibility index (Phi) is 6.44. The quantitative estimate of drug-likeness (QED) is 0.243. The number of hydrogen-bond acceptors (Lipinski definition) is 4. The van der Waals surface area contributed by atoms with Crippen molar-refractivity contribution in [1.29, 1.82) is 0 Å². The molecule has 0 saturated heterocycles. The van der Waals surface area contributed by atoms with E-state index in [1.807, 2.05) is 0 Å². The van der Waals surface area contributed by atoms with Crippen molar-refractivity contribution in [2.24, 2.45) is 33.7 Å². The molecular weight excluding hydrogens is 430 g/mol. The molecule has 3 fully saturated rings. The molecule has 0 radical (unpaired) electrons. The van der Waals surface area contributed by atoms with Gasteiger partial charge in [-0.25, -0.2) is 0 Å². The molecule has 3 saturated carbocycles. The molecule has 4 nitrogen and oxygen atoms in total. The molecule has 0 aromatic heterocycles. The molecule has 0 heterocycles. The van der Waals surface area contributed by atoms with Crippen LogP contribution in [0.15, 0.2) is 16.8 Å². The molecule has 4 rings (SSSR count). The summed E-state index contributed by atoms with van der Waals surface area (Å²) >= 11 is 0. The third-order valence-corrected chi connectivity index (χ3v) is 11.0. The summed E-state index contributed by atoms with van der Waals surface area (Å²) in [7, 11) is -1.46. The fourth-order valence-corrected chi connectivity index (χ4v) is 10.1. The van der Waals surface area contributed by atoms with Crippen molar-refractivity contribution in [2.45, 2.75) is 110 Å². The number of nitrogens with zero attached hydrogens (tertiary/aromatic N) is 1. The summed E-state index contributed by atoms with van der Waals surface area (Å²) in [5, 5.41) is 4.61. The van der Waals surface area contributed by atoms with E-state index in [4.69, 9.17) is 13.7 Å². The van der Waals surface area contributed by atoms with Gasteiger partial charge < -0.3 is 13.7 Å². The smallest absolute Gasteiger partial charge is 0.184 e. The number of fused-ring (bicyclic) bond motifs is 5. The largest absolute Gasteiger partial charge is 0.414 e. The minimum absolute atomic E-state index is 0.112. The average Bonchev–Trinajstić information content (AvgIpc) is 2.92. The Morgan fingerprint density at radius 1 is 0.906 bits per heavy atom. The summed E-state index contributed by atoms with van der Waals surface area (Å²) in [6, 6.07) is 0. The fraction of sp³-hybridized carbons (Fsp3) is 0.885. The molecule has 7 atom stereocenters. The van der Waals surface area contributed by atoms with Crippen molar-refractivity contribution in [3.05, 3.63) is 11.6 Å². The third-order valence-electron chi connectivity index (χ3n) is 9.01. The maximum Gasteiger partial charge on any atom is 0.184 e. The number of hydrogen-bond donors (Lipinski definition) is 0. The average molecular weight is 478 g/mol. The Morgan fingerprint density at radius 3 is 2.19 bits per heavy atom. The Labute approximate surface area is 198 Å². The van der Waals surface area contributed by atoms with Crippen molar-refractivity contribution in [3.63, 3.8) is 0 Å². The molecule has 0 aliphatic heterocycles. The summed E-state index contributed by atoms with van der Waals surface area (Å²) < 4.78 is 13.2. The lowest BCUT2D eigenvalue weighted by Gasteiger charge is -2.57. The zero-order valence-electron chi connectivity index (χ0n) is 22.1. The normalized spacial score (nSPS) is 43.3. The van der Waals surface area contributed by atoms with Crippen LogP contribution in [0.3, 0.4) is 0 Å². The van der Waals surface area contributed by atoms with Crippen LogP contribution in [-0.4, -0.2) is 41.7 Å². The number of allylic oxidation sites excluding steroid dienone is 1. The molecule has 32 heavy (non-hydrogen) atoms. The lowest BCUT2D eigenvalue weighted by molar-refractivity contribution is -0.0215. The first-order chi connectivity index (χ1) is 14.8. The van der Waals surface area contributed by atoms with Crippen LogP contribution in [0.1, 0.15) is 58.8 Å².